The Morgan fingerprint density at radius 2 is 2.19 bits per heavy atom. The maximum absolute atomic E-state index is 13.7. The van der Waals surface area contributed by atoms with Gasteiger partial charge in [0, 0.05) is 38.3 Å². The van der Waals surface area contributed by atoms with Crippen LogP contribution in [0.15, 0.2) is 24.4 Å². The molecule has 3 aromatic rings. The molecule has 0 saturated carbocycles. The first-order chi connectivity index (χ1) is 10.1. The molecule has 2 heterocycles. The van der Waals surface area contributed by atoms with Crippen molar-refractivity contribution >= 4 is 17.0 Å². The third-order valence-electron chi connectivity index (χ3n) is 3.41. The van der Waals surface area contributed by atoms with Gasteiger partial charge in [0.2, 0.25) is 5.95 Å². The summed E-state index contributed by atoms with van der Waals surface area (Å²) < 4.78 is 22.3. The average Bonchev–Trinajstić information content (AvgIpc) is 2.98. The van der Waals surface area contributed by atoms with Gasteiger partial charge in [-0.05, 0) is 6.07 Å². The van der Waals surface area contributed by atoms with E-state index in [4.69, 9.17) is 10.5 Å². The van der Waals surface area contributed by atoms with E-state index in [1.807, 2.05) is 23.9 Å². The van der Waals surface area contributed by atoms with Crippen LogP contribution in [0, 0.1) is 5.82 Å². The zero-order valence-electron chi connectivity index (χ0n) is 11.9. The lowest BCUT2D eigenvalue weighted by atomic mass is 10.2. The molecule has 2 N–H and O–H groups in total. The number of benzene rings is 1. The number of rotatable bonds is 4. The van der Waals surface area contributed by atoms with Crippen LogP contribution in [0.1, 0.15) is 5.69 Å². The fraction of sp³-hybridized carbons (Fsp3) is 0.286. The quantitative estimate of drug-likeness (QED) is 0.794. The number of nitrogen functional groups attached to an aromatic ring is 1. The lowest BCUT2D eigenvalue weighted by molar-refractivity contribution is 0.387. The number of nitrogens with two attached hydrogens (primary N) is 1. The molecule has 3 rings (SSSR count). The fourth-order valence-corrected chi connectivity index (χ4v) is 2.36. The predicted octanol–water partition coefficient (Wildman–Crippen LogP) is 1.74. The lowest BCUT2D eigenvalue weighted by Crippen LogP contribution is -2.06. The summed E-state index contributed by atoms with van der Waals surface area (Å²) in [6.45, 7) is 0.619. The van der Waals surface area contributed by atoms with Crippen LogP contribution in [-0.2, 0) is 20.0 Å². The van der Waals surface area contributed by atoms with Gasteiger partial charge in [0.05, 0.1) is 23.8 Å². The molecule has 0 amide bonds. The number of nitrogens with zero attached hydrogens (tertiary/aromatic N) is 4. The molecule has 0 saturated heterocycles. The zero-order valence-corrected chi connectivity index (χ0v) is 11.9. The number of aromatic nitrogens is 4. The Hall–Kier alpha value is -2.57. The smallest absolute Gasteiger partial charge is 0.201 e. The van der Waals surface area contributed by atoms with E-state index >= 15 is 0 Å². The lowest BCUT2D eigenvalue weighted by Gasteiger charge is -2.06. The van der Waals surface area contributed by atoms with Crippen LogP contribution in [0.3, 0.4) is 0 Å². The summed E-state index contributed by atoms with van der Waals surface area (Å²) in [4.78, 5) is 4.19. The highest BCUT2D eigenvalue weighted by molar-refractivity contribution is 5.80. The molecular formula is C14H16FN5O. The number of fused-ring (bicyclic) bond motifs is 1. The van der Waals surface area contributed by atoms with E-state index < -0.39 is 5.82 Å². The van der Waals surface area contributed by atoms with Crippen molar-refractivity contribution in [3.05, 3.63) is 35.9 Å². The summed E-state index contributed by atoms with van der Waals surface area (Å²) in [5, 5.41) is 4.33. The molecule has 0 bridgehead atoms. The van der Waals surface area contributed by atoms with Crippen molar-refractivity contribution in [3.63, 3.8) is 0 Å². The second-order valence-electron chi connectivity index (χ2n) is 4.83. The molecule has 0 aliphatic rings. The van der Waals surface area contributed by atoms with Crippen LogP contribution >= 0.6 is 0 Å². The van der Waals surface area contributed by atoms with Crippen LogP contribution in [0.2, 0.25) is 0 Å². The highest BCUT2D eigenvalue weighted by atomic mass is 19.1. The molecule has 21 heavy (non-hydrogen) atoms. The Morgan fingerprint density at radius 1 is 1.38 bits per heavy atom. The molecule has 0 fully saturated rings. The number of methoxy groups -OCH3 is 1. The number of ether oxygens (including phenoxy) is 1. The summed E-state index contributed by atoms with van der Waals surface area (Å²) in [6.07, 6.45) is 2.61. The van der Waals surface area contributed by atoms with Gasteiger partial charge >= 0.3 is 0 Å². The molecule has 110 valence electrons. The van der Waals surface area contributed by atoms with E-state index in [1.54, 1.807) is 10.7 Å². The Balaban J connectivity index is 1.95. The third kappa shape index (κ3) is 2.42. The number of imidazole rings is 1. The molecular weight excluding hydrogens is 273 g/mol. The fourth-order valence-electron chi connectivity index (χ4n) is 2.36. The largest absolute Gasteiger partial charge is 0.494 e. The molecule has 2 aromatic heterocycles. The summed E-state index contributed by atoms with van der Waals surface area (Å²) in [7, 11) is 3.31. The van der Waals surface area contributed by atoms with E-state index in [-0.39, 0.29) is 5.75 Å². The molecule has 0 aliphatic heterocycles. The van der Waals surface area contributed by atoms with E-state index in [0.29, 0.717) is 18.0 Å². The van der Waals surface area contributed by atoms with Crippen LogP contribution in [0.5, 0.6) is 5.75 Å². The van der Waals surface area contributed by atoms with Crippen LogP contribution in [0.4, 0.5) is 10.3 Å². The van der Waals surface area contributed by atoms with Gasteiger partial charge in [-0.1, -0.05) is 0 Å². The molecule has 0 unspecified atom stereocenters. The van der Waals surface area contributed by atoms with Gasteiger partial charge in [0.25, 0.3) is 0 Å². The Labute approximate surface area is 120 Å². The van der Waals surface area contributed by atoms with Gasteiger partial charge in [0.1, 0.15) is 0 Å². The Bertz CT molecular complexity index is 792. The van der Waals surface area contributed by atoms with Crippen molar-refractivity contribution < 1.29 is 9.13 Å². The van der Waals surface area contributed by atoms with Gasteiger partial charge in [0.15, 0.2) is 11.6 Å². The van der Waals surface area contributed by atoms with Crippen LogP contribution in [0.25, 0.3) is 11.0 Å². The van der Waals surface area contributed by atoms with Crippen molar-refractivity contribution in [1.82, 2.24) is 19.3 Å². The van der Waals surface area contributed by atoms with Crippen molar-refractivity contribution in [2.75, 3.05) is 12.8 Å². The van der Waals surface area contributed by atoms with Crippen molar-refractivity contribution in [3.8, 4) is 5.75 Å². The van der Waals surface area contributed by atoms with Crippen molar-refractivity contribution in [2.24, 2.45) is 7.05 Å². The number of anilines is 1. The van der Waals surface area contributed by atoms with Gasteiger partial charge in [-0.2, -0.15) is 5.10 Å². The molecule has 0 aliphatic carbocycles. The molecule has 7 heteroatoms. The highest BCUT2D eigenvalue weighted by Gasteiger charge is 2.13. The van der Waals surface area contributed by atoms with Gasteiger partial charge < -0.3 is 15.0 Å². The first-order valence-corrected chi connectivity index (χ1v) is 6.56. The second-order valence-corrected chi connectivity index (χ2v) is 4.83. The maximum Gasteiger partial charge on any atom is 0.201 e. The SMILES string of the molecule is COc1cc2c(cc1F)nc(N)n2CCc1ccn(C)n1. The standard InChI is InChI=1S/C14H16FN5O/c1-19-5-3-9(18-19)4-6-20-12-8-13(21-2)10(15)7-11(12)17-14(20)16/h3,5,7-8H,4,6H2,1-2H3,(H2,16,17). The summed E-state index contributed by atoms with van der Waals surface area (Å²) in [5.74, 6) is 0.0921. The van der Waals surface area contributed by atoms with E-state index in [0.717, 1.165) is 17.6 Å². The van der Waals surface area contributed by atoms with Gasteiger partial charge in [-0.25, -0.2) is 9.37 Å². The van der Waals surface area contributed by atoms with E-state index in [1.165, 1.54) is 13.2 Å². The van der Waals surface area contributed by atoms with Gasteiger partial charge in [-0.3, -0.25) is 4.68 Å². The monoisotopic (exact) mass is 289 g/mol. The number of hydrogen-bond acceptors (Lipinski definition) is 4. The van der Waals surface area contributed by atoms with Crippen LogP contribution < -0.4 is 10.5 Å². The molecule has 0 atom stereocenters. The zero-order chi connectivity index (χ0) is 15.0. The Kier molecular flexibility index (Phi) is 3.25. The summed E-state index contributed by atoms with van der Waals surface area (Å²) in [5.41, 5.74) is 8.16. The van der Waals surface area contributed by atoms with Gasteiger partial charge in [-0.15, -0.1) is 0 Å². The number of hydrogen-bond donors (Lipinski definition) is 1. The first kappa shape index (κ1) is 13.4. The summed E-state index contributed by atoms with van der Waals surface area (Å²) >= 11 is 0. The van der Waals surface area contributed by atoms with Crippen LogP contribution in [-0.4, -0.2) is 26.4 Å². The van der Waals surface area contributed by atoms with Crippen molar-refractivity contribution in [2.45, 2.75) is 13.0 Å². The minimum absolute atomic E-state index is 0.182. The minimum atomic E-state index is -0.445. The van der Waals surface area contributed by atoms with E-state index in [9.17, 15) is 4.39 Å². The summed E-state index contributed by atoms with van der Waals surface area (Å²) in [6, 6.07) is 4.91. The second kappa shape index (κ2) is 5.08. The molecule has 6 nitrogen and oxygen atoms in total. The minimum Gasteiger partial charge on any atom is -0.494 e. The first-order valence-electron chi connectivity index (χ1n) is 6.56. The maximum atomic E-state index is 13.7. The van der Waals surface area contributed by atoms with Crippen molar-refractivity contribution in [1.29, 1.82) is 0 Å². The third-order valence-corrected chi connectivity index (χ3v) is 3.41. The van der Waals surface area contributed by atoms with E-state index in [2.05, 4.69) is 10.1 Å². The molecule has 0 spiro atoms. The predicted molar refractivity (Wildman–Crippen MR) is 77.6 cm³/mol. The average molecular weight is 289 g/mol. The molecule has 1 aromatic carbocycles. The number of halogens is 1. The Morgan fingerprint density at radius 3 is 2.86 bits per heavy atom. The molecule has 0 radical (unpaired) electrons. The normalized spacial score (nSPS) is 11.2. The topological polar surface area (TPSA) is 70.9 Å². The number of aryl methyl sites for hydroxylation is 3. The highest BCUT2D eigenvalue weighted by Crippen LogP contribution is 2.26.